The van der Waals surface area contributed by atoms with E-state index in [9.17, 15) is 0 Å². The molecule has 112 valence electrons. The molecule has 5 unspecified atom stereocenters. The smallest absolute Gasteiger partial charge is 0.00957 e. The minimum absolute atomic E-state index is 0.549. The monoisotopic (exact) mass is 265 g/mol. The average molecular weight is 265 g/mol. The van der Waals surface area contributed by atoms with Gasteiger partial charge in [0, 0.05) is 6.04 Å². The van der Waals surface area contributed by atoms with E-state index in [1.54, 1.807) is 0 Å². The Balaban J connectivity index is 2.03. The fourth-order valence-electron chi connectivity index (χ4n) is 4.31. The molecule has 1 aliphatic heterocycles. The molecule has 1 heterocycles. The molecule has 2 rings (SSSR count). The predicted octanol–water partition coefficient (Wildman–Crippen LogP) is 5.01. The SMILES string of the molecule is CC1CCCCCCC2CNC(C)C2(C)CCC1C. The Morgan fingerprint density at radius 3 is 2.21 bits per heavy atom. The van der Waals surface area contributed by atoms with Crippen molar-refractivity contribution in [3.63, 3.8) is 0 Å². The van der Waals surface area contributed by atoms with E-state index in [0.717, 1.165) is 17.8 Å². The van der Waals surface area contributed by atoms with Crippen molar-refractivity contribution in [2.75, 3.05) is 6.54 Å². The van der Waals surface area contributed by atoms with Crippen LogP contribution in [0.3, 0.4) is 0 Å². The van der Waals surface area contributed by atoms with Gasteiger partial charge in [0.05, 0.1) is 0 Å². The van der Waals surface area contributed by atoms with Crippen LogP contribution in [0.25, 0.3) is 0 Å². The summed E-state index contributed by atoms with van der Waals surface area (Å²) in [6.45, 7) is 11.2. The normalized spacial score (nSPS) is 46.1. The van der Waals surface area contributed by atoms with Crippen molar-refractivity contribution in [3.05, 3.63) is 0 Å². The van der Waals surface area contributed by atoms with E-state index in [4.69, 9.17) is 0 Å². The Hall–Kier alpha value is -0.0400. The quantitative estimate of drug-likeness (QED) is 0.649. The van der Waals surface area contributed by atoms with E-state index in [1.165, 1.54) is 57.9 Å². The van der Waals surface area contributed by atoms with Gasteiger partial charge >= 0.3 is 0 Å². The highest BCUT2D eigenvalue weighted by Crippen LogP contribution is 2.44. The highest BCUT2D eigenvalue weighted by atomic mass is 15.0. The van der Waals surface area contributed by atoms with Crippen molar-refractivity contribution in [1.82, 2.24) is 5.32 Å². The second-order valence-electron chi connectivity index (χ2n) is 7.82. The van der Waals surface area contributed by atoms with Gasteiger partial charge in [-0.25, -0.2) is 0 Å². The number of nitrogens with one attached hydrogen (secondary N) is 1. The fraction of sp³-hybridized carbons (Fsp3) is 1.00. The van der Waals surface area contributed by atoms with E-state index < -0.39 is 0 Å². The molecule has 1 aliphatic carbocycles. The molecule has 1 nitrogen and oxygen atoms in total. The molecule has 1 saturated heterocycles. The Kier molecular flexibility index (Phi) is 5.34. The molecule has 2 fully saturated rings. The average Bonchev–Trinajstić information content (AvgIpc) is 2.66. The van der Waals surface area contributed by atoms with Crippen LogP contribution in [0.5, 0.6) is 0 Å². The lowest BCUT2D eigenvalue weighted by Crippen LogP contribution is -2.35. The van der Waals surface area contributed by atoms with Crippen LogP contribution >= 0.6 is 0 Å². The van der Waals surface area contributed by atoms with Gasteiger partial charge in [0.25, 0.3) is 0 Å². The van der Waals surface area contributed by atoms with Gasteiger partial charge in [-0.2, -0.15) is 0 Å². The molecule has 0 aromatic rings. The maximum atomic E-state index is 3.76. The lowest BCUT2D eigenvalue weighted by Gasteiger charge is -2.37. The molecule has 5 atom stereocenters. The Bertz CT molecular complexity index is 275. The van der Waals surface area contributed by atoms with Gasteiger partial charge in [0.2, 0.25) is 0 Å². The second-order valence-corrected chi connectivity index (χ2v) is 7.82. The molecule has 2 aliphatic rings. The zero-order valence-corrected chi connectivity index (χ0v) is 13.7. The summed E-state index contributed by atoms with van der Waals surface area (Å²) >= 11 is 0. The zero-order chi connectivity index (χ0) is 13.9. The van der Waals surface area contributed by atoms with Crippen molar-refractivity contribution in [3.8, 4) is 0 Å². The van der Waals surface area contributed by atoms with Crippen LogP contribution in [0, 0.1) is 23.2 Å². The van der Waals surface area contributed by atoms with Crippen LogP contribution in [0.1, 0.15) is 79.1 Å². The van der Waals surface area contributed by atoms with Gasteiger partial charge in [0.1, 0.15) is 0 Å². The van der Waals surface area contributed by atoms with E-state index in [0.29, 0.717) is 11.5 Å². The standard InChI is InChI=1S/C18H35N/c1-14-9-7-5-6-8-10-17-13-19-16(3)18(17,4)12-11-15(14)2/h14-17,19H,5-13H2,1-4H3. The summed E-state index contributed by atoms with van der Waals surface area (Å²) in [7, 11) is 0. The lowest BCUT2D eigenvalue weighted by atomic mass is 9.68. The maximum Gasteiger partial charge on any atom is 0.00957 e. The second kappa shape index (κ2) is 6.61. The molecule has 0 amide bonds. The van der Waals surface area contributed by atoms with E-state index in [2.05, 4.69) is 33.0 Å². The molecule has 1 saturated carbocycles. The summed E-state index contributed by atoms with van der Waals surface area (Å²) in [5.74, 6) is 2.75. The molecule has 0 aromatic carbocycles. The van der Waals surface area contributed by atoms with Gasteiger partial charge in [-0.3, -0.25) is 0 Å². The first-order valence-electron chi connectivity index (χ1n) is 8.77. The minimum atomic E-state index is 0.549. The van der Waals surface area contributed by atoms with Crippen LogP contribution in [0.4, 0.5) is 0 Å². The molecule has 1 N–H and O–H groups in total. The highest BCUT2D eigenvalue weighted by molar-refractivity contribution is 4.98. The Labute approximate surface area is 120 Å². The van der Waals surface area contributed by atoms with Crippen molar-refractivity contribution in [2.24, 2.45) is 23.2 Å². The Morgan fingerprint density at radius 2 is 1.47 bits per heavy atom. The molecule has 19 heavy (non-hydrogen) atoms. The summed E-state index contributed by atoms with van der Waals surface area (Å²) in [6.07, 6.45) is 11.6. The first-order valence-corrected chi connectivity index (χ1v) is 8.77. The number of hydrogen-bond acceptors (Lipinski definition) is 1. The molecule has 0 radical (unpaired) electrons. The summed E-state index contributed by atoms with van der Waals surface area (Å²) in [6, 6.07) is 0.711. The Morgan fingerprint density at radius 1 is 0.842 bits per heavy atom. The van der Waals surface area contributed by atoms with Gasteiger partial charge < -0.3 is 5.32 Å². The van der Waals surface area contributed by atoms with E-state index in [1.807, 2.05) is 0 Å². The summed E-state index contributed by atoms with van der Waals surface area (Å²) < 4.78 is 0. The van der Waals surface area contributed by atoms with Crippen LogP contribution in [-0.2, 0) is 0 Å². The molecule has 1 heteroatoms. The summed E-state index contributed by atoms with van der Waals surface area (Å²) in [4.78, 5) is 0. The van der Waals surface area contributed by atoms with Crippen LogP contribution in [0.2, 0.25) is 0 Å². The predicted molar refractivity (Wildman–Crippen MR) is 84.3 cm³/mol. The number of hydrogen-bond donors (Lipinski definition) is 1. The molecular formula is C18H35N. The maximum absolute atomic E-state index is 3.76. The van der Waals surface area contributed by atoms with Crippen molar-refractivity contribution in [1.29, 1.82) is 0 Å². The zero-order valence-electron chi connectivity index (χ0n) is 13.7. The molecule has 0 bridgehead atoms. The summed E-state index contributed by atoms with van der Waals surface area (Å²) in [5, 5.41) is 3.76. The third kappa shape index (κ3) is 3.54. The first-order chi connectivity index (χ1) is 9.04. The number of rotatable bonds is 0. The minimum Gasteiger partial charge on any atom is -0.313 e. The largest absolute Gasteiger partial charge is 0.313 e. The highest BCUT2D eigenvalue weighted by Gasteiger charge is 2.43. The summed E-state index contributed by atoms with van der Waals surface area (Å²) in [5.41, 5.74) is 0.549. The van der Waals surface area contributed by atoms with Crippen molar-refractivity contribution < 1.29 is 0 Å². The molecular weight excluding hydrogens is 230 g/mol. The van der Waals surface area contributed by atoms with Gasteiger partial charge in [0.15, 0.2) is 0 Å². The van der Waals surface area contributed by atoms with Gasteiger partial charge in [-0.15, -0.1) is 0 Å². The third-order valence-electron chi connectivity index (χ3n) is 6.66. The van der Waals surface area contributed by atoms with E-state index >= 15 is 0 Å². The third-order valence-corrected chi connectivity index (χ3v) is 6.66. The van der Waals surface area contributed by atoms with Gasteiger partial charge in [-0.05, 0) is 55.9 Å². The molecule has 0 spiro atoms. The lowest BCUT2D eigenvalue weighted by molar-refractivity contribution is 0.153. The van der Waals surface area contributed by atoms with E-state index in [-0.39, 0.29) is 0 Å². The van der Waals surface area contributed by atoms with Crippen LogP contribution in [-0.4, -0.2) is 12.6 Å². The van der Waals surface area contributed by atoms with Gasteiger partial charge in [-0.1, -0.05) is 52.9 Å². The van der Waals surface area contributed by atoms with Crippen LogP contribution < -0.4 is 5.32 Å². The van der Waals surface area contributed by atoms with Crippen molar-refractivity contribution >= 4 is 0 Å². The number of fused-ring (bicyclic) bond motifs is 1. The van der Waals surface area contributed by atoms with Crippen LogP contribution in [0.15, 0.2) is 0 Å². The topological polar surface area (TPSA) is 12.0 Å². The molecule has 0 aromatic heterocycles. The first kappa shape index (κ1) is 15.4. The van der Waals surface area contributed by atoms with Crippen molar-refractivity contribution in [2.45, 2.75) is 85.1 Å². The fourth-order valence-corrected chi connectivity index (χ4v) is 4.31.